The maximum absolute atomic E-state index is 14.9. The van der Waals surface area contributed by atoms with E-state index in [2.05, 4.69) is 20.1 Å². The van der Waals surface area contributed by atoms with Gasteiger partial charge in [-0.3, -0.25) is 14.4 Å². The Labute approximate surface area is 259 Å². The minimum absolute atomic E-state index is 0.00615. The van der Waals surface area contributed by atoms with E-state index in [1.165, 1.54) is 0 Å². The second-order valence-electron chi connectivity index (χ2n) is 12.4. The van der Waals surface area contributed by atoms with Gasteiger partial charge in [0.1, 0.15) is 6.04 Å². The third kappa shape index (κ3) is 5.67. The number of para-hydroxylation sites is 1. The summed E-state index contributed by atoms with van der Waals surface area (Å²) in [5.41, 5.74) is 1.42. The highest BCUT2D eigenvalue weighted by molar-refractivity contribution is 8.02. The molecule has 3 saturated heterocycles. The number of nitrogens with zero attached hydrogens (tertiary/aromatic N) is 2. The van der Waals surface area contributed by atoms with Crippen LogP contribution in [0, 0.1) is 30.6 Å². The lowest BCUT2D eigenvalue weighted by atomic mass is 9.66. The molecule has 230 valence electrons. The molecule has 0 aromatic heterocycles. The van der Waals surface area contributed by atoms with E-state index in [1.807, 2.05) is 39.0 Å². The molecule has 4 rings (SSSR count). The molecule has 0 saturated carbocycles. The second kappa shape index (κ2) is 13.6. The predicted molar refractivity (Wildman–Crippen MR) is 170 cm³/mol. The fraction of sp³-hybridized carbons (Fsp3) is 0.606. The number of hydrogen-bond donors (Lipinski definition) is 1. The van der Waals surface area contributed by atoms with Crippen molar-refractivity contribution in [1.29, 1.82) is 0 Å². The molecule has 0 radical (unpaired) electrons. The Kier molecular flexibility index (Phi) is 10.5. The quantitative estimate of drug-likeness (QED) is 0.161. The Balaban J connectivity index is 1.79. The SMILES string of the molecule is C=CCCCCOC(=O)[C@@H]1[C@H]2C(=O)N([C@@H](CO)CC(C)C)C(C(=O)N(CC=C)c3c(C)cccc3Cl)C23S[C@@H]1CC3C. The van der Waals surface area contributed by atoms with Crippen LogP contribution in [-0.2, 0) is 19.1 Å². The second-order valence-corrected chi connectivity index (χ2v) is 14.3. The van der Waals surface area contributed by atoms with E-state index >= 15 is 0 Å². The van der Waals surface area contributed by atoms with E-state index < -0.39 is 28.7 Å². The molecule has 3 heterocycles. The first-order valence-electron chi connectivity index (χ1n) is 15.1. The first kappa shape index (κ1) is 32.6. The van der Waals surface area contributed by atoms with E-state index in [-0.39, 0.29) is 48.0 Å². The van der Waals surface area contributed by atoms with Gasteiger partial charge in [0.2, 0.25) is 5.91 Å². The molecule has 3 aliphatic rings. The number of benzene rings is 1. The minimum Gasteiger partial charge on any atom is -0.465 e. The lowest BCUT2D eigenvalue weighted by Gasteiger charge is -2.42. The summed E-state index contributed by atoms with van der Waals surface area (Å²) in [5, 5.41) is 10.9. The van der Waals surface area contributed by atoms with Crippen LogP contribution < -0.4 is 4.90 Å². The molecule has 7 atom stereocenters. The van der Waals surface area contributed by atoms with E-state index in [1.54, 1.807) is 33.7 Å². The predicted octanol–water partition coefficient (Wildman–Crippen LogP) is 5.81. The van der Waals surface area contributed by atoms with Crippen LogP contribution in [0.5, 0.6) is 0 Å². The molecular formula is C33H45ClN2O5S. The van der Waals surface area contributed by atoms with Gasteiger partial charge in [-0.15, -0.1) is 24.9 Å². The number of carbonyl (C=O) groups is 3. The third-order valence-corrected chi connectivity index (χ3v) is 11.5. The topological polar surface area (TPSA) is 87.1 Å². The first-order valence-corrected chi connectivity index (χ1v) is 16.4. The van der Waals surface area contributed by atoms with Gasteiger partial charge in [-0.1, -0.05) is 56.7 Å². The number of allylic oxidation sites excluding steroid dienone is 1. The Morgan fingerprint density at radius 2 is 2.02 bits per heavy atom. The molecule has 1 spiro atoms. The van der Waals surface area contributed by atoms with E-state index in [0.717, 1.165) is 24.8 Å². The molecule has 42 heavy (non-hydrogen) atoms. The van der Waals surface area contributed by atoms with Gasteiger partial charge in [-0.05, 0) is 62.5 Å². The summed E-state index contributed by atoms with van der Waals surface area (Å²) in [5.74, 6) is -2.03. The van der Waals surface area contributed by atoms with Crippen LogP contribution in [0.1, 0.15) is 58.4 Å². The van der Waals surface area contributed by atoms with Crippen molar-refractivity contribution in [3.63, 3.8) is 0 Å². The molecule has 3 fully saturated rings. The normalized spacial score (nSPS) is 28.6. The van der Waals surface area contributed by atoms with Gasteiger partial charge in [0.15, 0.2) is 0 Å². The van der Waals surface area contributed by atoms with Crippen molar-refractivity contribution >= 4 is 46.8 Å². The number of amides is 2. The number of halogens is 1. The average Bonchev–Trinajstić information content (AvgIpc) is 3.54. The molecule has 0 aliphatic carbocycles. The van der Waals surface area contributed by atoms with Crippen LogP contribution in [0.15, 0.2) is 43.5 Å². The molecule has 1 aromatic rings. The zero-order chi connectivity index (χ0) is 30.8. The fourth-order valence-electron chi connectivity index (χ4n) is 7.41. The minimum atomic E-state index is -0.878. The Morgan fingerprint density at radius 3 is 2.64 bits per heavy atom. The van der Waals surface area contributed by atoms with Crippen LogP contribution >= 0.6 is 23.4 Å². The highest BCUT2D eigenvalue weighted by Gasteiger charge is 2.77. The highest BCUT2D eigenvalue weighted by Crippen LogP contribution is 2.69. The van der Waals surface area contributed by atoms with Crippen molar-refractivity contribution in [3.05, 3.63) is 54.1 Å². The van der Waals surface area contributed by atoms with Gasteiger partial charge in [-0.25, -0.2) is 0 Å². The van der Waals surface area contributed by atoms with Crippen molar-refractivity contribution in [2.75, 3.05) is 24.7 Å². The monoisotopic (exact) mass is 616 g/mol. The van der Waals surface area contributed by atoms with Crippen molar-refractivity contribution < 1.29 is 24.2 Å². The van der Waals surface area contributed by atoms with Crippen molar-refractivity contribution in [3.8, 4) is 0 Å². The molecule has 9 heteroatoms. The van der Waals surface area contributed by atoms with Crippen LogP contribution in [0.2, 0.25) is 5.02 Å². The summed E-state index contributed by atoms with van der Waals surface area (Å²) in [7, 11) is 0. The number of carbonyl (C=O) groups excluding carboxylic acids is 3. The van der Waals surface area contributed by atoms with Crippen LogP contribution in [0.3, 0.4) is 0 Å². The number of rotatable bonds is 14. The average molecular weight is 617 g/mol. The number of aliphatic hydroxyl groups is 1. The summed E-state index contributed by atoms with van der Waals surface area (Å²) in [6, 6.07) is 4.05. The van der Waals surface area contributed by atoms with Gasteiger partial charge in [0.25, 0.3) is 5.91 Å². The van der Waals surface area contributed by atoms with Crippen LogP contribution in [0.4, 0.5) is 5.69 Å². The van der Waals surface area contributed by atoms with Gasteiger partial charge < -0.3 is 19.6 Å². The van der Waals surface area contributed by atoms with Gasteiger partial charge >= 0.3 is 5.97 Å². The number of anilines is 1. The largest absolute Gasteiger partial charge is 0.465 e. The number of aryl methyl sites for hydroxylation is 1. The Hall–Kier alpha value is -2.29. The van der Waals surface area contributed by atoms with Crippen molar-refractivity contribution in [2.45, 2.75) is 81.9 Å². The van der Waals surface area contributed by atoms with Gasteiger partial charge in [0.05, 0.1) is 46.5 Å². The first-order chi connectivity index (χ1) is 20.0. The number of fused-ring (bicyclic) bond motifs is 1. The molecule has 2 amide bonds. The van der Waals surface area contributed by atoms with Crippen molar-refractivity contribution in [1.82, 2.24) is 4.90 Å². The van der Waals surface area contributed by atoms with E-state index in [0.29, 0.717) is 30.2 Å². The summed E-state index contributed by atoms with van der Waals surface area (Å²) in [4.78, 5) is 46.4. The third-order valence-electron chi connectivity index (χ3n) is 9.12. The summed E-state index contributed by atoms with van der Waals surface area (Å²) >= 11 is 8.28. The summed E-state index contributed by atoms with van der Waals surface area (Å²) in [6.07, 6.45) is 7.20. The standard InChI is InChI=1S/C33H45ClN2O5S/c1-7-9-10-11-16-41-32(40)26-25-18-22(6)33(42-25)27(26)30(38)36(23(19-37)17-20(3)4)29(33)31(39)35(15-8-2)28-21(5)13-12-14-24(28)34/h7-8,12-14,20,22-23,25-27,29,37H,1-2,9-11,15-19H2,3-6H3/t22?,23-,25-,26+,27+,29?,33?/m1/s1. The zero-order valence-electron chi connectivity index (χ0n) is 25.3. The number of aliphatic hydroxyl groups excluding tert-OH is 1. The lowest BCUT2D eigenvalue weighted by molar-refractivity contribution is -0.155. The number of thioether (sulfide) groups is 1. The number of esters is 1. The Bertz CT molecular complexity index is 1190. The van der Waals surface area contributed by atoms with Crippen molar-refractivity contribution in [2.24, 2.45) is 23.7 Å². The number of ether oxygens (including phenoxy) is 1. The molecule has 1 N–H and O–H groups in total. The maximum atomic E-state index is 14.9. The summed E-state index contributed by atoms with van der Waals surface area (Å²) in [6.45, 7) is 15.9. The molecule has 7 nitrogen and oxygen atoms in total. The Morgan fingerprint density at radius 1 is 1.29 bits per heavy atom. The fourth-order valence-corrected chi connectivity index (χ4v) is 10.1. The molecule has 3 aliphatic heterocycles. The van der Waals surface area contributed by atoms with Crippen LogP contribution in [0.25, 0.3) is 0 Å². The zero-order valence-corrected chi connectivity index (χ0v) is 26.8. The van der Waals surface area contributed by atoms with Gasteiger partial charge in [0, 0.05) is 11.8 Å². The van der Waals surface area contributed by atoms with Crippen LogP contribution in [-0.4, -0.2) is 69.6 Å². The number of unbranched alkanes of at least 4 members (excludes halogenated alkanes) is 2. The van der Waals surface area contributed by atoms with E-state index in [4.69, 9.17) is 16.3 Å². The lowest BCUT2D eigenvalue weighted by Crippen LogP contribution is -2.59. The molecule has 1 aromatic carbocycles. The number of likely N-dealkylation sites (tertiary alicyclic amines) is 1. The van der Waals surface area contributed by atoms with Gasteiger partial charge in [-0.2, -0.15) is 0 Å². The molecular weight excluding hydrogens is 572 g/mol. The smallest absolute Gasteiger partial charge is 0.310 e. The molecule has 3 unspecified atom stereocenters. The van der Waals surface area contributed by atoms with E-state index in [9.17, 15) is 19.5 Å². The highest BCUT2D eigenvalue weighted by atomic mass is 35.5. The number of hydrogen-bond acceptors (Lipinski definition) is 6. The summed E-state index contributed by atoms with van der Waals surface area (Å²) < 4.78 is 4.92. The maximum Gasteiger partial charge on any atom is 0.310 e. The molecule has 2 bridgehead atoms.